The van der Waals surface area contributed by atoms with Gasteiger partial charge in [0.05, 0.1) is 5.41 Å². The van der Waals surface area contributed by atoms with Gasteiger partial charge in [-0.25, -0.2) is 0 Å². The lowest BCUT2D eigenvalue weighted by atomic mass is 9.62. The maximum Gasteiger partial charge on any atom is 0.314 e. The Bertz CT molecular complexity index is 347. The van der Waals surface area contributed by atoms with Gasteiger partial charge in [0.25, 0.3) is 0 Å². The number of carbonyl (C=O) groups is 1. The van der Waals surface area contributed by atoms with Crippen molar-refractivity contribution in [3.05, 3.63) is 35.9 Å². The van der Waals surface area contributed by atoms with Crippen molar-refractivity contribution < 1.29 is 9.90 Å². The maximum absolute atomic E-state index is 11.2. The molecule has 1 aliphatic carbocycles. The van der Waals surface area contributed by atoms with Crippen LogP contribution in [-0.2, 0) is 10.2 Å². The third-order valence-corrected chi connectivity index (χ3v) is 2.96. The molecule has 2 rings (SSSR count). The summed E-state index contributed by atoms with van der Waals surface area (Å²) in [6.45, 7) is 0. The third kappa shape index (κ3) is 1.85. The van der Waals surface area contributed by atoms with E-state index in [0.717, 1.165) is 5.56 Å². The van der Waals surface area contributed by atoms with Crippen LogP contribution in [0.5, 0.6) is 0 Å². The average molecular weight is 228 g/mol. The standard InChI is InChI=1S/C11H13NO2.ClH/c12-9-6-11(7-9,10(13)14)8-4-2-1-3-5-8;/h1-5,9H,6-7,12H2,(H,13,14);1H. The fourth-order valence-electron chi connectivity index (χ4n) is 2.13. The van der Waals surface area contributed by atoms with E-state index in [2.05, 4.69) is 0 Å². The van der Waals surface area contributed by atoms with Crippen molar-refractivity contribution >= 4 is 18.4 Å². The van der Waals surface area contributed by atoms with Crippen molar-refractivity contribution in [2.45, 2.75) is 24.3 Å². The summed E-state index contributed by atoms with van der Waals surface area (Å²) in [6.07, 6.45) is 1.10. The first kappa shape index (κ1) is 12.0. The van der Waals surface area contributed by atoms with E-state index in [-0.39, 0.29) is 18.4 Å². The number of hydrogen-bond acceptors (Lipinski definition) is 2. The van der Waals surface area contributed by atoms with Gasteiger partial charge >= 0.3 is 5.97 Å². The molecule has 0 unspecified atom stereocenters. The fourth-order valence-corrected chi connectivity index (χ4v) is 2.13. The van der Waals surface area contributed by atoms with Gasteiger partial charge in [-0.05, 0) is 18.4 Å². The normalized spacial score (nSPS) is 28.7. The fraction of sp³-hybridized carbons (Fsp3) is 0.364. The zero-order chi connectivity index (χ0) is 10.2. The highest BCUT2D eigenvalue weighted by molar-refractivity contribution is 5.85. The lowest BCUT2D eigenvalue weighted by Gasteiger charge is -2.42. The number of benzene rings is 1. The van der Waals surface area contributed by atoms with Crippen molar-refractivity contribution in [3.8, 4) is 0 Å². The van der Waals surface area contributed by atoms with E-state index in [1.165, 1.54) is 0 Å². The number of nitrogens with two attached hydrogens (primary N) is 1. The minimum absolute atomic E-state index is 0. The Hall–Kier alpha value is -1.06. The Morgan fingerprint density at radius 2 is 1.87 bits per heavy atom. The van der Waals surface area contributed by atoms with Crippen LogP contribution in [0.25, 0.3) is 0 Å². The van der Waals surface area contributed by atoms with Crippen molar-refractivity contribution in [3.63, 3.8) is 0 Å². The van der Waals surface area contributed by atoms with Gasteiger partial charge in [0.2, 0.25) is 0 Å². The minimum atomic E-state index is -0.759. The van der Waals surface area contributed by atoms with Crippen molar-refractivity contribution in [2.75, 3.05) is 0 Å². The predicted octanol–water partition coefficient (Wildman–Crippen LogP) is 1.55. The summed E-state index contributed by atoms with van der Waals surface area (Å²) in [5, 5.41) is 9.20. The number of carboxylic acid groups (broad SMARTS) is 1. The highest BCUT2D eigenvalue weighted by Crippen LogP contribution is 2.43. The van der Waals surface area contributed by atoms with Crippen LogP contribution in [0.4, 0.5) is 0 Å². The molecule has 1 aromatic rings. The predicted molar refractivity (Wildman–Crippen MR) is 60.2 cm³/mol. The first-order valence-corrected chi connectivity index (χ1v) is 4.70. The summed E-state index contributed by atoms with van der Waals surface area (Å²) in [5.74, 6) is -0.759. The first-order valence-electron chi connectivity index (χ1n) is 4.70. The number of aliphatic carboxylic acids is 1. The average Bonchev–Trinajstić information content (AvgIpc) is 2.13. The van der Waals surface area contributed by atoms with Gasteiger partial charge in [0.15, 0.2) is 0 Å². The van der Waals surface area contributed by atoms with Gasteiger partial charge in [0, 0.05) is 6.04 Å². The van der Waals surface area contributed by atoms with E-state index >= 15 is 0 Å². The van der Waals surface area contributed by atoms with Crippen molar-refractivity contribution in [1.29, 1.82) is 0 Å². The Morgan fingerprint density at radius 1 is 1.33 bits per heavy atom. The van der Waals surface area contributed by atoms with Crippen LogP contribution in [0.15, 0.2) is 30.3 Å². The van der Waals surface area contributed by atoms with Gasteiger partial charge in [-0.2, -0.15) is 0 Å². The van der Waals surface area contributed by atoms with Crippen LogP contribution < -0.4 is 5.73 Å². The Morgan fingerprint density at radius 3 is 2.27 bits per heavy atom. The highest BCUT2D eigenvalue weighted by atomic mass is 35.5. The van der Waals surface area contributed by atoms with E-state index in [1.807, 2.05) is 30.3 Å². The Balaban J connectivity index is 0.00000112. The molecule has 0 spiro atoms. The number of halogens is 1. The maximum atomic E-state index is 11.2. The lowest BCUT2D eigenvalue weighted by molar-refractivity contribution is -0.148. The third-order valence-electron chi connectivity index (χ3n) is 2.96. The summed E-state index contributed by atoms with van der Waals surface area (Å²) in [6, 6.07) is 9.37. The minimum Gasteiger partial charge on any atom is -0.481 e. The Labute approximate surface area is 94.7 Å². The smallest absolute Gasteiger partial charge is 0.314 e. The number of rotatable bonds is 2. The molecule has 0 saturated heterocycles. The topological polar surface area (TPSA) is 63.3 Å². The molecule has 0 aliphatic heterocycles. The van der Waals surface area contributed by atoms with Crippen molar-refractivity contribution in [2.24, 2.45) is 5.73 Å². The molecular formula is C11H14ClNO2. The molecule has 0 amide bonds. The van der Waals surface area contributed by atoms with Crippen LogP contribution in [-0.4, -0.2) is 17.1 Å². The second-order valence-electron chi connectivity index (χ2n) is 3.92. The zero-order valence-corrected chi connectivity index (χ0v) is 9.04. The number of hydrogen-bond donors (Lipinski definition) is 2. The highest BCUT2D eigenvalue weighted by Gasteiger charge is 2.50. The molecule has 0 aromatic heterocycles. The molecule has 82 valence electrons. The van der Waals surface area contributed by atoms with Gasteiger partial charge in [-0.15, -0.1) is 12.4 Å². The molecule has 0 atom stereocenters. The van der Waals surface area contributed by atoms with Crippen LogP contribution in [0.2, 0.25) is 0 Å². The number of carboxylic acids is 1. The SMILES string of the molecule is Cl.NC1CC(C(=O)O)(c2ccccc2)C1. The van der Waals surface area contributed by atoms with Gasteiger partial charge < -0.3 is 10.8 Å². The van der Waals surface area contributed by atoms with Crippen LogP contribution in [0.1, 0.15) is 18.4 Å². The second kappa shape index (κ2) is 4.21. The first-order chi connectivity index (χ1) is 6.65. The van der Waals surface area contributed by atoms with E-state index in [1.54, 1.807) is 0 Å². The van der Waals surface area contributed by atoms with E-state index in [4.69, 9.17) is 5.73 Å². The van der Waals surface area contributed by atoms with Crippen LogP contribution >= 0.6 is 12.4 Å². The molecule has 1 aliphatic rings. The van der Waals surface area contributed by atoms with E-state index < -0.39 is 11.4 Å². The molecule has 15 heavy (non-hydrogen) atoms. The summed E-state index contributed by atoms with van der Waals surface area (Å²) in [5.41, 5.74) is 5.81. The molecule has 3 nitrogen and oxygen atoms in total. The molecule has 0 heterocycles. The van der Waals surface area contributed by atoms with Gasteiger partial charge in [0.1, 0.15) is 0 Å². The molecule has 4 heteroatoms. The van der Waals surface area contributed by atoms with Crippen LogP contribution in [0.3, 0.4) is 0 Å². The monoisotopic (exact) mass is 227 g/mol. The van der Waals surface area contributed by atoms with Gasteiger partial charge in [-0.3, -0.25) is 4.79 Å². The summed E-state index contributed by atoms with van der Waals surface area (Å²) in [4.78, 5) is 11.2. The molecule has 0 radical (unpaired) electrons. The quantitative estimate of drug-likeness (QED) is 0.806. The summed E-state index contributed by atoms with van der Waals surface area (Å²) in [7, 11) is 0. The van der Waals surface area contributed by atoms with E-state index in [0.29, 0.717) is 12.8 Å². The Kier molecular flexibility index (Phi) is 3.37. The summed E-state index contributed by atoms with van der Waals surface area (Å²) >= 11 is 0. The molecular weight excluding hydrogens is 214 g/mol. The summed E-state index contributed by atoms with van der Waals surface area (Å²) < 4.78 is 0. The molecule has 1 saturated carbocycles. The molecule has 0 bridgehead atoms. The second-order valence-corrected chi connectivity index (χ2v) is 3.92. The van der Waals surface area contributed by atoms with Crippen LogP contribution in [0, 0.1) is 0 Å². The molecule has 3 N–H and O–H groups in total. The lowest BCUT2D eigenvalue weighted by Crippen LogP contribution is -2.54. The van der Waals surface area contributed by atoms with Gasteiger partial charge in [-0.1, -0.05) is 30.3 Å². The largest absolute Gasteiger partial charge is 0.481 e. The zero-order valence-electron chi connectivity index (χ0n) is 8.22. The molecule has 1 fully saturated rings. The van der Waals surface area contributed by atoms with Crippen molar-refractivity contribution in [1.82, 2.24) is 0 Å². The molecule has 1 aromatic carbocycles. The van der Waals surface area contributed by atoms with E-state index in [9.17, 15) is 9.90 Å².